The molecule has 4 rings (SSSR count). The van der Waals surface area contributed by atoms with Crippen LogP contribution in [0.25, 0.3) is 0 Å². The molecule has 0 aromatic heterocycles. The van der Waals surface area contributed by atoms with E-state index < -0.39 is 10.0 Å². The normalized spacial score (nSPS) is 13.9. The van der Waals surface area contributed by atoms with Crippen molar-refractivity contribution in [1.82, 2.24) is 10.6 Å². The first-order valence-corrected chi connectivity index (χ1v) is 13.5. The Morgan fingerprint density at radius 2 is 1.66 bits per heavy atom. The van der Waals surface area contributed by atoms with Crippen LogP contribution in [-0.4, -0.2) is 40.5 Å². The average molecular weight is 493 g/mol. The molecule has 3 N–H and O–H groups in total. The Morgan fingerprint density at radius 1 is 0.943 bits per heavy atom. The number of nitrogens with zero attached hydrogens (tertiary/aromatic N) is 1. The minimum Gasteiger partial charge on any atom is -0.368 e. The van der Waals surface area contributed by atoms with Gasteiger partial charge in [0.05, 0.1) is 10.5 Å². The molecule has 0 spiro atoms. The Labute approximate surface area is 207 Å². The second-order valence-corrected chi connectivity index (χ2v) is 10.3. The van der Waals surface area contributed by atoms with Gasteiger partial charge in [0.15, 0.2) is 0 Å². The highest BCUT2D eigenvalue weighted by Crippen LogP contribution is 2.27. The molecule has 0 radical (unpaired) electrons. The van der Waals surface area contributed by atoms with Crippen LogP contribution in [0.4, 0.5) is 11.4 Å². The van der Waals surface area contributed by atoms with Gasteiger partial charge in [-0.05, 0) is 47.9 Å². The number of amides is 1. The molecule has 0 bridgehead atoms. The van der Waals surface area contributed by atoms with Crippen molar-refractivity contribution in [2.75, 3.05) is 35.8 Å². The van der Waals surface area contributed by atoms with Gasteiger partial charge in [0.25, 0.3) is 15.9 Å². The number of benzene rings is 3. The van der Waals surface area contributed by atoms with Crippen molar-refractivity contribution in [1.29, 1.82) is 0 Å². The zero-order valence-corrected chi connectivity index (χ0v) is 20.8. The molecule has 184 valence electrons. The third kappa shape index (κ3) is 6.41. The second-order valence-electron chi connectivity index (χ2n) is 8.64. The Bertz CT molecular complexity index is 1240. The SMILES string of the molecule is CCCc1ccc(S(=O)(=O)Nc2ccc(N3CCNCC3)c(C(=O)NCc3ccccc3)c2)cc1. The Kier molecular flexibility index (Phi) is 8.05. The van der Waals surface area contributed by atoms with Crippen LogP contribution >= 0.6 is 0 Å². The highest BCUT2D eigenvalue weighted by Gasteiger charge is 2.21. The maximum absolute atomic E-state index is 13.2. The Hall–Kier alpha value is -3.36. The van der Waals surface area contributed by atoms with Gasteiger partial charge in [-0.1, -0.05) is 55.8 Å². The van der Waals surface area contributed by atoms with Crippen LogP contribution in [0.1, 0.15) is 34.8 Å². The molecule has 1 fully saturated rings. The number of carbonyl (C=O) groups is 1. The number of carbonyl (C=O) groups excluding carboxylic acids is 1. The van der Waals surface area contributed by atoms with E-state index >= 15 is 0 Å². The topological polar surface area (TPSA) is 90.5 Å². The molecule has 0 atom stereocenters. The van der Waals surface area contributed by atoms with Crippen LogP contribution < -0.4 is 20.3 Å². The highest BCUT2D eigenvalue weighted by molar-refractivity contribution is 7.92. The van der Waals surface area contributed by atoms with Crippen LogP contribution in [0.3, 0.4) is 0 Å². The number of sulfonamides is 1. The lowest BCUT2D eigenvalue weighted by atomic mass is 10.1. The summed E-state index contributed by atoms with van der Waals surface area (Å²) in [6.07, 6.45) is 1.90. The van der Waals surface area contributed by atoms with Crippen molar-refractivity contribution in [2.45, 2.75) is 31.2 Å². The lowest BCUT2D eigenvalue weighted by Gasteiger charge is -2.31. The Balaban J connectivity index is 1.58. The summed E-state index contributed by atoms with van der Waals surface area (Å²) in [5.74, 6) is -0.243. The maximum atomic E-state index is 13.2. The summed E-state index contributed by atoms with van der Waals surface area (Å²) in [5, 5.41) is 6.29. The van der Waals surface area contributed by atoms with Crippen molar-refractivity contribution in [3.8, 4) is 0 Å². The molecule has 7 nitrogen and oxygen atoms in total. The number of rotatable bonds is 9. The van der Waals surface area contributed by atoms with E-state index in [9.17, 15) is 13.2 Å². The van der Waals surface area contributed by atoms with Gasteiger partial charge < -0.3 is 15.5 Å². The van der Waals surface area contributed by atoms with Crippen molar-refractivity contribution < 1.29 is 13.2 Å². The molecular formula is C27H32N4O3S. The van der Waals surface area contributed by atoms with Crippen LogP contribution in [-0.2, 0) is 23.0 Å². The molecule has 0 unspecified atom stereocenters. The molecule has 1 heterocycles. The first kappa shape index (κ1) is 24.8. The van der Waals surface area contributed by atoms with Crippen molar-refractivity contribution in [2.24, 2.45) is 0 Å². The van der Waals surface area contributed by atoms with Gasteiger partial charge in [0.1, 0.15) is 0 Å². The molecule has 3 aromatic rings. The third-order valence-corrected chi connectivity index (χ3v) is 7.42. The van der Waals surface area contributed by atoms with Crippen LogP contribution in [0, 0.1) is 0 Å². The smallest absolute Gasteiger partial charge is 0.261 e. The fourth-order valence-corrected chi connectivity index (χ4v) is 5.22. The molecular weight excluding hydrogens is 460 g/mol. The predicted molar refractivity (Wildman–Crippen MR) is 140 cm³/mol. The number of piperazine rings is 1. The predicted octanol–water partition coefficient (Wildman–Crippen LogP) is 3.78. The van der Waals surface area contributed by atoms with Gasteiger partial charge in [0.2, 0.25) is 0 Å². The molecule has 3 aromatic carbocycles. The molecule has 0 aliphatic carbocycles. The molecule has 1 saturated heterocycles. The zero-order valence-electron chi connectivity index (χ0n) is 20.0. The van der Waals surface area contributed by atoms with E-state index in [1.807, 2.05) is 48.5 Å². The summed E-state index contributed by atoms with van der Waals surface area (Å²) < 4.78 is 28.7. The van der Waals surface area contributed by atoms with E-state index in [1.54, 1.807) is 24.3 Å². The van der Waals surface area contributed by atoms with Gasteiger partial charge in [-0.25, -0.2) is 8.42 Å². The first-order chi connectivity index (χ1) is 17.0. The molecule has 1 aliphatic heterocycles. The largest absolute Gasteiger partial charge is 0.368 e. The fraction of sp³-hybridized carbons (Fsp3) is 0.296. The van der Waals surface area contributed by atoms with E-state index in [-0.39, 0.29) is 10.8 Å². The molecule has 8 heteroatoms. The van der Waals surface area contributed by atoms with E-state index in [0.717, 1.165) is 55.8 Å². The van der Waals surface area contributed by atoms with E-state index in [4.69, 9.17) is 0 Å². The fourth-order valence-electron chi connectivity index (χ4n) is 4.17. The first-order valence-electron chi connectivity index (χ1n) is 12.0. The van der Waals surface area contributed by atoms with Crippen LogP contribution in [0.5, 0.6) is 0 Å². The third-order valence-electron chi connectivity index (χ3n) is 6.02. The lowest BCUT2D eigenvalue weighted by molar-refractivity contribution is 0.0951. The van der Waals surface area contributed by atoms with Gasteiger partial charge in [-0.15, -0.1) is 0 Å². The monoisotopic (exact) mass is 492 g/mol. The van der Waals surface area contributed by atoms with Gasteiger partial charge in [-0.2, -0.15) is 0 Å². The second kappa shape index (κ2) is 11.4. The molecule has 0 saturated carbocycles. The van der Waals surface area contributed by atoms with Crippen molar-refractivity contribution in [3.63, 3.8) is 0 Å². The maximum Gasteiger partial charge on any atom is 0.261 e. The minimum atomic E-state index is -3.79. The zero-order chi connectivity index (χ0) is 24.7. The standard InChI is InChI=1S/C27H32N4O3S/c1-2-6-21-9-12-24(13-10-21)35(33,34)30-23-11-14-26(31-17-15-28-16-18-31)25(19-23)27(32)29-20-22-7-4-3-5-8-22/h3-5,7-14,19,28,30H,2,6,15-18,20H2,1H3,(H,29,32). The van der Waals surface area contributed by atoms with Crippen molar-refractivity contribution in [3.05, 3.63) is 89.5 Å². The van der Waals surface area contributed by atoms with E-state index in [2.05, 4.69) is 27.2 Å². The lowest BCUT2D eigenvalue weighted by Crippen LogP contribution is -2.44. The van der Waals surface area contributed by atoms with E-state index in [1.165, 1.54) is 0 Å². The number of nitrogens with one attached hydrogen (secondary N) is 3. The Morgan fingerprint density at radius 3 is 2.34 bits per heavy atom. The summed E-state index contributed by atoms with van der Waals surface area (Å²) in [6.45, 7) is 5.67. The van der Waals surface area contributed by atoms with E-state index in [0.29, 0.717) is 17.8 Å². The summed E-state index contributed by atoms with van der Waals surface area (Å²) in [7, 11) is -3.79. The number of anilines is 2. The molecule has 1 amide bonds. The summed E-state index contributed by atoms with van der Waals surface area (Å²) >= 11 is 0. The summed E-state index contributed by atoms with van der Waals surface area (Å²) in [4.78, 5) is 15.6. The summed E-state index contributed by atoms with van der Waals surface area (Å²) in [5.41, 5.74) is 3.69. The average Bonchev–Trinajstić information content (AvgIpc) is 2.89. The number of hydrogen-bond donors (Lipinski definition) is 3. The molecule has 35 heavy (non-hydrogen) atoms. The van der Waals surface area contributed by atoms with Gasteiger partial charge in [0, 0.05) is 44.1 Å². The van der Waals surface area contributed by atoms with Crippen molar-refractivity contribution >= 4 is 27.3 Å². The summed E-state index contributed by atoms with van der Waals surface area (Å²) in [6, 6.07) is 21.8. The highest BCUT2D eigenvalue weighted by atomic mass is 32.2. The van der Waals surface area contributed by atoms with Crippen LogP contribution in [0.2, 0.25) is 0 Å². The number of hydrogen-bond acceptors (Lipinski definition) is 5. The van der Waals surface area contributed by atoms with Gasteiger partial charge >= 0.3 is 0 Å². The quantitative estimate of drug-likeness (QED) is 0.423. The minimum absolute atomic E-state index is 0.193. The van der Waals surface area contributed by atoms with Gasteiger partial charge in [-0.3, -0.25) is 9.52 Å². The number of aryl methyl sites for hydroxylation is 1. The van der Waals surface area contributed by atoms with Crippen LogP contribution in [0.15, 0.2) is 77.7 Å². The molecule has 1 aliphatic rings.